The summed E-state index contributed by atoms with van der Waals surface area (Å²) >= 11 is 0. The maximum absolute atomic E-state index is 5.89. The highest BCUT2D eigenvalue weighted by molar-refractivity contribution is 5.28. The Bertz CT molecular complexity index is 341. The minimum atomic E-state index is -0.463. The van der Waals surface area contributed by atoms with Crippen LogP contribution in [-0.2, 0) is 14.9 Å². The summed E-state index contributed by atoms with van der Waals surface area (Å²) in [6, 6.07) is 4.00. The van der Waals surface area contributed by atoms with Crippen LogP contribution in [0, 0.1) is 0 Å². The first kappa shape index (κ1) is 11.5. The SMILES string of the molecule is COC1(OC)CC(CN)(c2cccnc2)C1. The third kappa shape index (κ3) is 1.63. The van der Waals surface area contributed by atoms with Crippen molar-refractivity contribution in [2.24, 2.45) is 5.73 Å². The molecule has 2 N–H and O–H groups in total. The fraction of sp³-hybridized carbons (Fsp3) is 0.583. The van der Waals surface area contributed by atoms with Crippen molar-refractivity contribution in [3.05, 3.63) is 30.1 Å². The van der Waals surface area contributed by atoms with E-state index in [2.05, 4.69) is 11.1 Å². The molecule has 0 spiro atoms. The molecule has 0 saturated heterocycles. The molecule has 1 heterocycles. The molecule has 4 heteroatoms. The summed E-state index contributed by atoms with van der Waals surface area (Å²) in [6.07, 6.45) is 5.22. The molecule has 0 unspecified atom stereocenters. The first-order valence-electron chi connectivity index (χ1n) is 5.41. The van der Waals surface area contributed by atoms with Gasteiger partial charge in [0, 0.05) is 51.4 Å². The second-order valence-electron chi connectivity index (χ2n) is 4.40. The van der Waals surface area contributed by atoms with Gasteiger partial charge < -0.3 is 15.2 Å². The number of ether oxygens (including phenoxy) is 2. The molecule has 16 heavy (non-hydrogen) atoms. The van der Waals surface area contributed by atoms with Crippen LogP contribution in [0.15, 0.2) is 24.5 Å². The highest BCUT2D eigenvalue weighted by Gasteiger charge is 2.56. The van der Waals surface area contributed by atoms with Gasteiger partial charge in [-0.1, -0.05) is 6.07 Å². The zero-order valence-corrected chi connectivity index (χ0v) is 9.77. The number of methoxy groups -OCH3 is 2. The van der Waals surface area contributed by atoms with E-state index >= 15 is 0 Å². The maximum atomic E-state index is 5.89. The van der Waals surface area contributed by atoms with Crippen molar-refractivity contribution in [2.75, 3.05) is 20.8 Å². The van der Waals surface area contributed by atoms with E-state index in [9.17, 15) is 0 Å². The molecule has 0 radical (unpaired) electrons. The van der Waals surface area contributed by atoms with Crippen LogP contribution < -0.4 is 5.73 Å². The first-order chi connectivity index (χ1) is 7.70. The van der Waals surface area contributed by atoms with E-state index in [-0.39, 0.29) is 5.41 Å². The van der Waals surface area contributed by atoms with Crippen LogP contribution in [0.3, 0.4) is 0 Å². The van der Waals surface area contributed by atoms with Gasteiger partial charge in [-0.15, -0.1) is 0 Å². The lowest BCUT2D eigenvalue weighted by molar-refractivity contribution is -0.277. The predicted octanol–water partition coefficient (Wildman–Crippen LogP) is 1.06. The number of nitrogens with zero attached hydrogens (tertiary/aromatic N) is 1. The number of aromatic nitrogens is 1. The molecule has 0 bridgehead atoms. The van der Waals surface area contributed by atoms with Crippen molar-refractivity contribution in [1.29, 1.82) is 0 Å². The lowest BCUT2D eigenvalue weighted by Gasteiger charge is -2.53. The van der Waals surface area contributed by atoms with E-state index in [1.54, 1.807) is 20.4 Å². The molecule has 0 aliphatic heterocycles. The molecule has 1 saturated carbocycles. The Labute approximate surface area is 95.8 Å². The van der Waals surface area contributed by atoms with Gasteiger partial charge in [-0.3, -0.25) is 4.98 Å². The summed E-state index contributed by atoms with van der Waals surface area (Å²) in [5.41, 5.74) is 7.02. The van der Waals surface area contributed by atoms with Crippen molar-refractivity contribution >= 4 is 0 Å². The molecule has 1 aliphatic carbocycles. The number of nitrogens with two attached hydrogens (primary N) is 1. The van der Waals surface area contributed by atoms with Crippen LogP contribution in [0.1, 0.15) is 18.4 Å². The largest absolute Gasteiger partial charge is 0.353 e. The summed E-state index contributed by atoms with van der Waals surface area (Å²) in [4.78, 5) is 4.14. The quantitative estimate of drug-likeness (QED) is 0.774. The average Bonchev–Trinajstić information content (AvgIpc) is 2.31. The smallest absolute Gasteiger partial charge is 0.169 e. The molecular formula is C12H18N2O2. The summed E-state index contributed by atoms with van der Waals surface area (Å²) < 4.78 is 10.8. The number of hydrogen-bond acceptors (Lipinski definition) is 4. The molecule has 0 atom stereocenters. The Balaban J connectivity index is 2.20. The average molecular weight is 222 g/mol. The van der Waals surface area contributed by atoms with E-state index in [1.807, 2.05) is 12.3 Å². The zero-order chi connectivity index (χ0) is 11.6. The normalized spacial score (nSPS) is 21.4. The fourth-order valence-corrected chi connectivity index (χ4v) is 2.49. The molecular weight excluding hydrogens is 204 g/mol. The van der Waals surface area contributed by atoms with Crippen LogP contribution in [0.5, 0.6) is 0 Å². The van der Waals surface area contributed by atoms with Gasteiger partial charge >= 0.3 is 0 Å². The van der Waals surface area contributed by atoms with Gasteiger partial charge in [0.2, 0.25) is 0 Å². The molecule has 1 fully saturated rings. The van der Waals surface area contributed by atoms with Crippen LogP contribution in [0.2, 0.25) is 0 Å². The minimum absolute atomic E-state index is 0.0414. The molecule has 2 rings (SSSR count). The molecule has 4 nitrogen and oxygen atoms in total. The summed E-state index contributed by atoms with van der Waals surface area (Å²) in [6.45, 7) is 0.590. The molecule has 1 aromatic rings. The molecule has 0 amide bonds. The van der Waals surface area contributed by atoms with E-state index in [4.69, 9.17) is 15.2 Å². The van der Waals surface area contributed by atoms with Gasteiger partial charge in [-0.2, -0.15) is 0 Å². The number of rotatable bonds is 4. The van der Waals surface area contributed by atoms with Crippen molar-refractivity contribution < 1.29 is 9.47 Å². The van der Waals surface area contributed by atoms with Crippen molar-refractivity contribution in [2.45, 2.75) is 24.0 Å². The Morgan fingerprint density at radius 3 is 2.50 bits per heavy atom. The van der Waals surface area contributed by atoms with Crippen molar-refractivity contribution in [1.82, 2.24) is 4.98 Å². The van der Waals surface area contributed by atoms with E-state index < -0.39 is 5.79 Å². The second kappa shape index (κ2) is 4.13. The van der Waals surface area contributed by atoms with Gasteiger partial charge in [0.1, 0.15) is 0 Å². The van der Waals surface area contributed by atoms with Gasteiger partial charge in [0.05, 0.1) is 0 Å². The monoisotopic (exact) mass is 222 g/mol. The van der Waals surface area contributed by atoms with Gasteiger partial charge in [-0.05, 0) is 11.6 Å². The number of pyridine rings is 1. The Kier molecular flexibility index (Phi) is 2.97. The summed E-state index contributed by atoms with van der Waals surface area (Å²) in [7, 11) is 3.35. The Morgan fingerprint density at radius 2 is 2.06 bits per heavy atom. The maximum Gasteiger partial charge on any atom is 0.169 e. The first-order valence-corrected chi connectivity index (χ1v) is 5.41. The molecule has 88 valence electrons. The Hall–Kier alpha value is -0.970. The van der Waals surface area contributed by atoms with Crippen molar-refractivity contribution in [3.8, 4) is 0 Å². The van der Waals surface area contributed by atoms with Crippen LogP contribution in [0.4, 0.5) is 0 Å². The summed E-state index contributed by atoms with van der Waals surface area (Å²) in [5, 5.41) is 0. The highest BCUT2D eigenvalue weighted by Crippen LogP contribution is 2.51. The standard InChI is InChI=1S/C12H18N2O2/c1-15-12(16-2)7-11(8-12,9-13)10-4-3-5-14-6-10/h3-6H,7-9,13H2,1-2H3. The molecule has 0 aromatic carbocycles. The van der Waals surface area contributed by atoms with E-state index in [0.717, 1.165) is 12.8 Å². The second-order valence-corrected chi connectivity index (χ2v) is 4.40. The van der Waals surface area contributed by atoms with Gasteiger partial charge in [0.25, 0.3) is 0 Å². The van der Waals surface area contributed by atoms with Crippen LogP contribution >= 0.6 is 0 Å². The number of hydrogen-bond donors (Lipinski definition) is 1. The lowest BCUT2D eigenvalue weighted by atomic mass is 9.61. The Morgan fingerprint density at radius 1 is 1.38 bits per heavy atom. The molecule has 1 aromatic heterocycles. The van der Waals surface area contributed by atoms with Gasteiger partial charge in [-0.25, -0.2) is 0 Å². The lowest BCUT2D eigenvalue weighted by Crippen LogP contribution is -2.60. The third-order valence-corrected chi connectivity index (χ3v) is 3.62. The predicted molar refractivity (Wildman–Crippen MR) is 61.0 cm³/mol. The third-order valence-electron chi connectivity index (χ3n) is 3.62. The van der Waals surface area contributed by atoms with E-state index in [1.165, 1.54) is 5.56 Å². The van der Waals surface area contributed by atoms with Crippen LogP contribution in [0.25, 0.3) is 0 Å². The highest BCUT2D eigenvalue weighted by atomic mass is 16.7. The van der Waals surface area contributed by atoms with Crippen molar-refractivity contribution in [3.63, 3.8) is 0 Å². The topological polar surface area (TPSA) is 57.4 Å². The fourth-order valence-electron chi connectivity index (χ4n) is 2.49. The van der Waals surface area contributed by atoms with E-state index in [0.29, 0.717) is 6.54 Å². The van der Waals surface area contributed by atoms with Crippen LogP contribution in [-0.4, -0.2) is 31.5 Å². The summed E-state index contributed by atoms with van der Waals surface area (Å²) in [5.74, 6) is -0.463. The zero-order valence-electron chi connectivity index (χ0n) is 9.77. The van der Waals surface area contributed by atoms with Gasteiger partial charge in [0.15, 0.2) is 5.79 Å². The molecule has 1 aliphatic rings. The minimum Gasteiger partial charge on any atom is -0.353 e.